The molecular weight excluding hydrogens is 236 g/mol. The van der Waals surface area contributed by atoms with E-state index in [0.29, 0.717) is 11.5 Å². The molecule has 1 rings (SSSR count). The first kappa shape index (κ1) is 16.9. The first-order valence-electron chi connectivity index (χ1n) is 8.03. The van der Waals surface area contributed by atoms with Gasteiger partial charge in [-0.15, -0.1) is 0 Å². The Morgan fingerprint density at radius 3 is 2.32 bits per heavy atom. The van der Waals surface area contributed by atoms with E-state index in [1.165, 1.54) is 38.8 Å². The van der Waals surface area contributed by atoms with Crippen LogP contribution in [0.2, 0.25) is 0 Å². The van der Waals surface area contributed by atoms with Gasteiger partial charge in [0.1, 0.15) is 0 Å². The Bertz CT molecular complexity index is 235. The van der Waals surface area contributed by atoms with Crippen molar-refractivity contribution in [1.29, 1.82) is 0 Å². The van der Waals surface area contributed by atoms with Crippen molar-refractivity contribution in [2.45, 2.75) is 65.5 Å². The molecule has 0 aromatic rings. The zero-order chi connectivity index (χ0) is 14.3. The first-order valence-corrected chi connectivity index (χ1v) is 8.03. The zero-order valence-corrected chi connectivity index (χ0v) is 13.7. The molecule has 1 aliphatic carbocycles. The van der Waals surface area contributed by atoms with Gasteiger partial charge in [0.25, 0.3) is 0 Å². The molecule has 0 aliphatic heterocycles. The van der Waals surface area contributed by atoms with E-state index in [4.69, 9.17) is 4.74 Å². The topological polar surface area (TPSA) is 24.5 Å². The molecule has 1 aliphatic rings. The van der Waals surface area contributed by atoms with E-state index in [1.54, 1.807) is 7.11 Å². The molecule has 19 heavy (non-hydrogen) atoms. The van der Waals surface area contributed by atoms with E-state index in [9.17, 15) is 0 Å². The minimum absolute atomic E-state index is 0.417. The number of nitrogens with zero attached hydrogens (tertiary/aromatic N) is 1. The Hall–Kier alpha value is -0.120. The van der Waals surface area contributed by atoms with Gasteiger partial charge in [0.05, 0.1) is 6.61 Å². The Morgan fingerprint density at radius 1 is 1.26 bits per heavy atom. The molecular formula is C16H34N2O. The summed E-state index contributed by atoms with van der Waals surface area (Å²) in [7, 11) is 1.79. The lowest BCUT2D eigenvalue weighted by Crippen LogP contribution is -2.47. The van der Waals surface area contributed by atoms with Crippen LogP contribution in [0.5, 0.6) is 0 Å². The summed E-state index contributed by atoms with van der Waals surface area (Å²) in [6.07, 6.45) is 5.25. The molecule has 0 bridgehead atoms. The molecule has 1 N–H and O–H groups in total. The van der Waals surface area contributed by atoms with Crippen LogP contribution < -0.4 is 5.32 Å². The Balaban J connectivity index is 2.55. The highest BCUT2D eigenvalue weighted by atomic mass is 16.5. The van der Waals surface area contributed by atoms with Crippen molar-refractivity contribution in [3.63, 3.8) is 0 Å². The third-order valence-electron chi connectivity index (χ3n) is 4.69. The summed E-state index contributed by atoms with van der Waals surface area (Å²) in [4.78, 5) is 2.57. The highest BCUT2D eigenvalue weighted by Gasteiger charge is 2.32. The largest absolute Gasteiger partial charge is 0.383 e. The summed E-state index contributed by atoms with van der Waals surface area (Å²) >= 11 is 0. The van der Waals surface area contributed by atoms with Crippen molar-refractivity contribution in [2.75, 3.05) is 33.4 Å². The maximum atomic E-state index is 5.26. The quantitative estimate of drug-likeness (QED) is 0.625. The number of hydrogen-bond acceptors (Lipinski definition) is 3. The lowest BCUT2D eigenvalue weighted by atomic mass is 9.81. The van der Waals surface area contributed by atoms with Gasteiger partial charge in [0.2, 0.25) is 0 Å². The van der Waals surface area contributed by atoms with Gasteiger partial charge in [-0.1, -0.05) is 13.8 Å². The van der Waals surface area contributed by atoms with Crippen molar-refractivity contribution in [3.05, 3.63) is 0 Å². The first-order chi connectivity index (χ1) is 9.06. The molecule has 0 saturated heterocycles. The highest BCUT2D eigenvalue weighted by molar-refractivity contribution is 4.89. The fourth-order valence-corrected chi connectivity index (χ4v) is 2.59. The summed E-state index contributed by atoms with van der Waals surface area (Å²) in [5.41, 5.74) is 0.417. The molecule has 3 nitrogen and oxygen atoms in total. The smallest absolute Gasteiger partial charge is 0.0589 e. The monoisotopic (exact) mass is 270 g/mol. The third-order valence-corrected chi connectivity index (χ3v) is 4.69. The van der Waals surface area contributed by atoms with Crippen molar-refractivity contribution in [3.8, 4) is 0 Å². The normalized spacial score (nSPS) is 16.6. The maximum absolute atomic E-state index is 5.26. The molecule has 1 saturated carbocycles. The van der Waals surface area contributed by atoms with Crippen LogP contribution >= 0.6 is 0 Å². The van der Waals surface area contributed by atoms with Crippen LogP contribution in [0.25, 0.3) is 0 Å². The van der Waals surface area contributed by atoms with Gasteiger partial charge in [-0.25, -0.2) is 0 Å². The minimum Gasteiger partial charge on any atom is -0.383 e. The van der Waals surface area contributed by atoms with Crippen molar-refractivity contribution < 1.29 is 4.74 Å². The van der Waals surface area contributed by atoms with Crippen molar-refractivity contribution >= 4 is 0 Å². The van der Waals surface area contributed by atoms with Crippen LogP contribution in [0.4, 0.5) is 0 Å². The summed E-state index contributed by atoms with van der Waals surface area (Å²) in [5, 5.41) is 3.74. The fourth-order valence-electron chi connectivity index (χ4n) is 2.59. The predicted molar refractivity (Wildman–Crippen MR) is 82.6 cm³/mol. The van der Waals surface area contributed by atoms with Crippen LogP contribution in [0.1, 0.15) is 53.4 Å². The van der Waals surface area contributed by atoms with Gasteiger partial charge in [-0.2, -0.15) is 0 Å². The molecule has 0 aromatic carbocycles. The van der Waals surface area contributed by atoms with Crippen LogP contribution in [-0.2, 0) is 4.74 Å². The Kier molecular flexibility index (Phi) is 7.33. The van der Waals surface area contributed by atoms with Crippen LogP contribution in [-0.4, -0.2) is 50.3 Å². The van der Waals surface area contributed by atoms with Gasteiger partial charge >= 0.3 is 0 Å². The van der Waals surface area contributed by atoms with Gasteiger partial charge in [0, 0.05) is 38.8 Å². The number of hydrogen-bond donors (Lipinski definition) is 1. The molecule has 0 aromatic heterocycles. The van der Waals surface area contributed by atoms with E-state index in [-0.39, 0.29) is 0 Å². The second kappa shape index (κ2) is 8.23. The molecule has 0 atom stereocenters. The molecule has 0 heterocycles. The second-order valence-electron chi connectivity index (χ2n) is 6.42. The average Bonchev–Trinajstić information content (AvgIpc) is 3.22. The van der Waals surface area contributed by atoms with Crippen molar-refractivity contribution in [2.24, 2.45) is 5.41 Å². The highest BCUT2D eigenvalue weighted by Crippen LogP contribution is 2.29. The molecule has 0 radical (unpaired) electrons. The summed E-state index contributed by atoms with van der Waals surface area (Å²) in [6.45, 7) is 13.5. The number of ether oxygens (including phenoxy) is 1. The molecule has 1 fully saturated rings. The van der Waals surface area contributed by atoms with E-state index in [2.05, 4.69) is 37.9 Å². The Labute approximate surface area is 120 Å². The lowest BCUT2D eigenvalue weighted by Gasteiger charge is -2.39. The fraction of sp³-hybridized carbons (Fsp3) is 1.00. The zero-order valence-electron chi connectivity index (χ0n) is 13.7. The predicted octanol–water partition coefficient (Wildman–Crippen LogP) is 2.90. The van der Waals surface area contributed by atoms with E-state index >= 15 is 0 Å². The minimum atomic E-state index is 0.417. The van der Waals surface area contributed by atoms with Crippen LogP contribution in [0.15, 0.2) is 0 Å². The van der Waals surface area contributed by atoms with E-state index in [1.807, 2.05) is 0 Å². The van der Waals surface area contributed by atoms with Gasteiger partial charge in [-0.3, -0.25) is 4.90 Å². The summed E-state index contributed by atoms with van der Waals surface area (Å²) < 4.78 is 5.26. The maximum Gasteiger partial charge on any atom is 0.0589 e. The summed E-state index contributed by atoms with van der Waals surface area (Å²) in [5.74, 6) is 0. The van der Waals surface area contributed by atoms with E-state index < -0.39 is 0 Å². The van der Waals surface area contributed by atoms with Gasteiger partial charge in [-0.05, 0) is 44.9 Å². The molecule has 0 unspecified atom stereocenters. The third kappa shape index (κ3) is 5.80. The second-order valence-corrected chi connectivity index (χ2v) is 6.42. The molecule has 114 valence electrons. The lowest BCUT2D eigenvalue weighted by molar-refractivity contribution is 0.0776. The van der Waals surface area contributed by atoms with Gasteiger partial charge < -0.3 is 10.1 Å². The number of methoxy groups -OCH3 is 1. The average molecular weight is 270 g/mol. The molecule has 0 amide bonds. The van der Waals surface area contributed by atoms with Crippen LogP contribution in [0.3, 0.4) is 0 Å². The number of rotatable bonds is 11. The summed E-state index contributed by atoms with van der Waals surface area (Å²) in [6, 6.07) is 1.40. The number of nitrogens with one attached hydrogen (secondary N) is 1. The van der Waals surface area contributed by atoms with E-state index in [0.717, 1.165) is 19.2 Å². The van der Waals surface area contributed by atoms with Crippen molar-refractivity contribution in [1.82, 2.24) is 10.2 Å². The van der Waals surface area contributed by atoms with Crippen LogP contribution in [0, 0.1) is 5.41 Å². The Morgan fingerprint density at radius 2 is 1.89 bits per heavy atom. The standard InChI is InChI=1S/C16H34N2O/c1-6-16(7-2,12-17-15-8-9-15)13-18(14(3)4)10-11-19-5/h14-15,17H,6-13H2,1-5H3. The van der Waals surface area contributed by atoms with Gasteiger partial charge in [0.15, 0.2) is 0 Å². The SMILES string of the molecule is CCC(CC)(CNC1CC1)CN(CCOC)C(C)C. The molecule has 3 heteroatoms. The molecule has 0 spiro atoms.